The molecule has 22 heavy (non-hydrogen) atoms. The molecular formula is C16H22N2O3S. The van der Waals surface area contributed by atoms with Crippen molar-refractivity contribution in [3.05, 3.63) is 24.3 Å². The molecule has 1 N–H and O–H groups in total. The summed E-state index contributed by atoms with van der Waals surface area (Å²) >= 11 is 0. The molecule has 1 aromatic carbocycles. The van der Waals surface area contributed by atoms with Crippen LogP contribution in [0.3, 0.4) is 0 Å². The molecule has 2 saturated heterocycles. The SMILES string of the molecule is O=C(Nc1ccc(N2CCCCC2)cc1)[C@@H]1CCS(=O)(=O)C1. The minimum atomic E-state index is -3.02. The second-order valence-corrected chi connectivity index (χ2v) is 8.41. The maximum atomic E-state index is 12.1. The first kappa shape index (κ1) is 15.3. The molecule has 2 fully saturated rings. The van der Waals surface area contributed by atoms with E-state index in [2.05, 4.69) is 10.2 Å². The van der Waals surface area contributed by atoms with Crippen molar-refractivity contribution in [2.45, 2.75) is 25.7 Å². The number of benzene rings is 1. The third kappa shape index (κ3) is 3.61. The van der Waals surface area contributed by atoms with Crippen LogP contribution >= 0.6 is 0 Å². The minimum absolute atomic E-state index is 0.0231. The summed E-state index contributed by atoms with van der Waals surface area (Å²) in [5, 5.41) is 2.83. The van der Waals surface area contributed by atoms with Crippen molar-refractivity contribution < 1.29 is 13.2 Å². The summed E-state index contributed by atoms with van der Waals surface area (Å²) in [4.78, 5) is 14.5. The first-order valence-corrected chi connectivity index (χ1v) is 9.72. The van der Waals surface area contributed by atoms with Gasteiger partial charge in [0.25, 0.3) is 0 Å². The lowest BCUT2D eigenvalue weighted by Gasteiger charge is -2.28. The third-order valence-corrected chi connectivity index (χ3v) is 6.23. The summed E-state index contributed by atoms with van der Waals surface area (Å²) in [6.07, 6.45) is 4.19. The molecular weight excluding hydrogens is 300 g/mol. The van der Waals surface area contributed by atoms with Gasteiger partial charge < -0.3 is 10.2 Å². The third-order valence-electron chi connectivity index (χ3n) is 4.46. The fourth-order valence-corrected chi connectivity index (χ4v) is 4.90. The van der Waals surface area contributed by atoms with Crippen molar-refractivity contribution in [2.75, 3.05) is 34.8 Å². The van der Waals surface area contributed by atoms with Crippen LogP contribution in [-0.2, 0) is 14.6 Å². The first-order chi connectivity index (χ1) is 10.5. The van der Waals surface area contributed by atoms with E-state index in [4.69, 9.17) is 0 Å². The predicted octanol–water partition coefficient (Wildman–Crippen LogP) is 2.05. The van der Waals surface area contributed by atoms with Crippen molar-refractivity contribution >= 4 is 27.1 Å². The number of carbonyl (C=O) groups is 1. The first-order valence-electron chi connectivity index (χ1n) is 7.90. The molecule has 6 heteroatoms. The number of hydrogen-bond acceptors (Lipinski definition) is 4. The van der Waals surface area contributed by atoms with Gasteiger partial charge in [0.1, 0.15) is 0 Å². The van der Waals surface area contributed by atoms with Crippen LogP contribution in [0.1, 0.15) is 25.7 Å². The second-order valence-electron chi connectivity index (χ2n) is 6.18. The van der Waals surface area contributed by atoms with Gasteiger partial charge in [0.05, 0.1) is 17.4 Å². The molecule has 0 bridgehead atoms. The molecule has 0 unspecified atom stereocenters. The topological polar surface area (TPSA) is 66.5 Å². The fraction of sp³-hybridized carbons (Fsp3) is 0.562. The summed E-state index contributed by atoms with van der Waals surface area (Å²) in [6.45, 7) is 2.18. The van der Waals surface area contributed by atoms with Crippen LogP contribution in [0.4, 0.5) is 11.4 Å². The molecule has 1 aromatic rings. The molecule has 0 aromatic heterocycles. The highest BCUT2D eigenvalue weighted by atomic mass is 32.2. The van der Waals surface area contributed by atoms with Gasteiger partial charge in [0.15, 0.2) is 9.84 Å². The molecule has 1 atom stereocenters. The van der Waals surface area contributed by atoms with Crippen molar-refractivity contribution in [2.24, 2.45) is 5.92 Å². The van der Waals surface area contributed by atoms with Gasteiger partial charge in [-0.15, -0.1) is 0 Å². The predicted molar refractivity (Wildman–Crippen MR) is 87.9 cm³/mol. The molecule has 2 aliphatic rings. The Morgan fingerprint density at radius 1 is 1.09 bits per heavy atom. The lowest BCUT2D eigenvalue weighted by Crippen LogP contribution is -2.29. The zero-order valence-electron chi connectivity index (χ0n) is 12.6. The van der Waals surface area contributed by atoms with Gasteiger partial charge in [-0.2, -0.15) is 0 Å². The van der Waals surface area contributed by atoms with Gasteiger partial charge in [-0.25, -0.2) is 8.42 Å². The minimum Gasteiger partial charge on any atom is -0.372 e. The molecule has 0 aliphatic carbocycles. The Morgan fingerprint density at radius 2 is 1.77 bits per heavy atom. The average molecular weight is 322 g/mol. The number of anilines is 2. The molecule has 2 aliphatic heterocycles. The van der Waals surface area contributed by atoms with E-state index < -0.39 is 15.8 Å². The van der Waals surface area contributed by atoms with Crippen molar-refractivity contribution in [1.29, 1.82) is 0 Å². The largest absolute Gasteiger partial charge is 0.372 e. The van der Waals surface area contributed by atoms with Gasteiger partial charge >= 0.3 is 0 Å². The molecule has 0 saturated carbocycles. The van der Waals surface area contributed by atoms with E-state index in [0.29, 0.717) is 6.42 Å². The average Bonchev–Trinajstić information content (AvgIpc) is 2.89. The second kappa shape index (κ2) is 6.28. The zero-order chi connectivity index (χ0) is 15.6. The maximum Gasteiger partial charge on any atom is 0.228 e. The van der Waals surface area contributed by atoms with E-state index in [-0.39, 0.29) is 17.4 Å². The molecule has 1 amide bonds. The normalized spacial score (nSPS) is 24.2. The Hall–Kier alpha value is -1.56. The Balaban J connectivity index is 1.60. The van der Waals surface area contributed by atoms with E-state index in [1.165, 1.54) is 24.9 Å². The van der Waals surface area contributed by atoms with Crippen molar-refractivity contribution in [1.82, 2.24) is 0 Å². The Labute approximate surface area is 131 Å². The van der Waals surface area contributed by atoms with Crippen LogP contribution in [0.15, 0.2) is 24.3 Å². The van der Waals surface area contributed by atoms with E-state index in [9.17, 15) is 13.2 Å². The zero-order valence-corrected chi connectivity index (χ0v) is 13.4. The number of nitrogens with one attached hydrogen (secondary N) is 1. The number of carbonyl (C=O) groups excluding carboxylic acids is 1. The number of hydrogen-bond donors (Lipinski definition) is 1. The Morgan fingerprint density at radius 3 is 2.36 bits per heavy atom. The van der Waals surface area contributed by atoms with Crippen molar-refractivity contribution in [3.63, 3.8) is 0 Å². The van der Waals surface area contributed by atoms with E-state index in [1.54, 1.807) is 0 Å². The molecule has 0 spiro atoms. The van der Waals surface area contributed by atoms with E-state index in [0.717, 1.165) is 18.8 Å². The van der Waals surface area contributed by atoms with Crippen LogP contribution in [0, 0.1) is 5.92 Å². The highest BCUT2D eigenvalue weighted by Gasteiger charge is 2.32. The summed E-state index contributed by atoms with van der Waals surface area (Å²) in [6, 6.07) is 7.83. The number of nitrogens with zero attached hydrogens (tertiary/aromatic N) is 1. The summed E-state index contributed by atoms with van der Waals surface area (Å²) in [5.74, 6) is -0.498. The van der Waals surface area contributed by atoms with Gasteiger partial charge in [0, 0.05) is 24.5 Å². The molecule has 120 valence electrons. The number of rotatable bonds is 3. The molecule has 0 radical (unpaired) electrons. The van der Waals surface area contributed by atoms with Gasteiger partial charge in [0.2, 0.25) is 5.91 Å². The monoisotopic (exact) mass is 322 g/mol. The van der Waals surface area contributed by atoms with Crippen LogP contribution in [0.5, 0.6) is 0 Å². The van der Waals surface area contributed by atoms with Crippen LogP contribution in [0.25, 0.3) is 0 Å². The standard InChI is InChI=1S/C16H22N2O3S/c19-16(13-8-11-22(20,21)12-13)17-14-4-6-15(7-5-14)18-9-2-1-3-10-18/h4-7,13H,1-3,8-12H2,(H,17,19)/t13-/m1/s1. The molecule has 2 heterocycles. The van der Waals surface area contributed by atoms with Gasteiger partial charge in [-0.3, -0.25) is 4.79 Å². The van der Waals surface area contributed by atoms with E-state index >= 15 is 0 Å². The summed E-state index contributed by atoms with van der Waals surface area (Å²) in [5.41, 5.74) is 1.91. The number of amides is 1. The quantitative estimate of drug-likeness (QED) is 0.925. The highest BCUT2D eigenvalue weighted by molar-refractivity contribution is 7.91. The fourth-order valence-electron chi connectivity index (χ4n) is 3.15. The smallest absolute Gasteiger partial charge is 0.228 e. The highest BCUT2D eigenvalue weighted by Crippen LogP contribution is 2.23. The van der Waals surface area contributed by atoms with Crippen LogP contribution in [-0.4, -0.2) is 38.9 Å². The molecule has 3 rings (SSSR count). The number of sulfone groups is 1. The lowest BCUT2D eigenvalue weighted by molar-refractivity contribution is -0.119. The maximum absolute atomic E-state index is 12.1. The van der Waals surface area contributed by atoms with Crippen LogP contribution < -0.4 is 10.2 Å². The van der Waals surface area contributed by atoms with E-state index in [1.807, 2.05) is 24.3 Å². The number of piperidine rings is 1. The summed E-state index contributed by atoms with van der Waals surface area (Å²) < 4.78 is 22.9. The van der Waals surface area contributed by atoms with Gasteiger partial charge in [-0.05, 0) is 49.9 Å². The van der Waals surface area contributed by atoms with Crippen LogP contribution in [0.2, 0.25) is 0 Å². The lowest BCUT2D eigenvalue weighted by atomic mass is 10.1. The Bertz CT molecular complexity index is 634. The van der Waals surface area contributed by atoms with Crippen molar-refractivity contribution in [3.8, 4) is 0 Å². The summed E-state index contributed by atoms with van der Waals surface area (Å²) in [7, 11) is -3.02. The van der Waals surface area contributed by atoms with Gasteiger partial charge in [-0.1, -0.05) is 0 Å². The Kier molecular flexibility index (Phi) is 4.38. The molecule has 5 nitrogen and oxygen atoms in total.